The third kappa shape index (κ3) is 5.38. The lowest BCUT2D eigenvalue weighted by molar-refractivity contribution is -0.385. The first-order valence-electron chi connectivity index (χ1n) is 8.16. The molecule has 0 aliphatic heterocycles. The molecule has 25 heavy (non-hydrogen) atoms. The van der Waals surface area contributed by atoms with Crippen LogP contribution >= 0.6 is 0 Å². The van der Waals surface area contributed by atoms with Gasteiger partial charge in [-0.2, -0.15) is 0 Å². The Bertz CT molecular complexity index is 730. The summed E-state index contributed by atoms with van der Waals surface area (Å²) in [7, 11) is 1.62. The maximum Gasteiger partial charge on any atom is 0.311 e. The molecule has 0 saturated carbocycles. The molecule has 0 fully saturated rings. The molecule has 6 heteroatoms. The van der Waals surface area contributed by atoms with Crippen molar-refractivity contribution in [3.05, 3.63) is 57.6 Å². The molecule has 2 rings (SSSR count). The first-order chi connectivity index (χ1) is 12.0. The maximum atomic E-state index is 11.0. The smallest absolute Gasteiger partial charge is 0.311 e. The molecule has 0 atom stereocenters. The molecule has 0 amide bonds. The van der Waals surface area contributed by atoms with Gasteiger partial charge in [0.15, 0.2) is 17.2 Å². The highest BCUT2D eigenvalue weighted by Gasteiger charge is 2.14. The van der Waals surface area contributed by atoms with Gasteiger partial charge in [-0.15, -0.1) is 0 Å². The first-order valence-corrected chi connectivity index (χ1v) is 8.16. The Balaban J connectivity index is 1.77. The number of unbranched alkanes of at least 4 members (excludes halogenated alkanes) is 1. The van der Waals surface area contributed by atoms with Crippen molar-refractivity contribution >= 4 is 5.69 Å². The van der Waals surface area contributed by atoms with Crippen molar-refractivity contribution in [1.82, 2.24) is 0 Å². The van der Waals surface area contributed by atoms with Gasteiger partial charge in [-0.25, -0.2) is 0 Å². The number of hydrogen-bond acceptors (Lipinski definition) is 5. The Kier molecular flexibility index (Phi) is 6.62. The molecule has 0 radical (unpaired) electrons. The molecule has 0 aromatic heterocycles. The first kappa shape index (κ1) is 18.6. The summed E-state index contributed by atoms with van der Waals surface area (Å²) in [5, 5.41) is 11.0. The fourth-order valence-corrected chi connectivity index (χ4v) is 2.35. The fourth-order valence-electron chi connectivity index (χ4n) is 2.35. The highest BCUT2D eigenvalue weighted by atomic mass is 16.6. The maximum absolute atomic E-state index is 11.0. The fraction of sp³-hybridized carbons (Fsp3) is 0.368. The molecule has 2 aromatic carbocycles. The van der Waals surface area contributed by atoms with E-state index in [1.165, 1.54) is 6.07 Å². The Hall–Kier alpha value is -2.76. The van der Waals surface area contributed by atoms with E-state index in [4.69, 9.17) is 14.2 Å². The van der Waals surface area contributed by atoms with Crippen molar-refractivity contribution in [2.45, 2.75) is 26.7 Å². The van der Waals surface area contributed by atoms with Gasteiger partial charge in [-0.05, 0) is 56.0 Å². The lowest BCUT2D eigenvalue weighted by Gasteiger charge is -2.11. The molecule has 2 aromatic rings. The Morgan fingerprint density at radius 1 is 0.880 bits per heavy atom. The van der Waals surface area contributed by atoms with Crippen molar-refractivity contribution < 1.29 is 19.1 Å². The van der Waals surface area contributed by atoms with Gasteiger partial charge in [0.25, 0.3) is 0 Å². The number of nitrogens with zero attached hydrogens (tertiary/aromatic N) is 1. The van der Waals surface area contributed by atoms with Crippen LogP contribution in [0, 0.1) is 24.0 Å². The van der Waals surface area contributed by atoms with Gasteiger partial charge in [0.1, 0.15) is 0 Å². The highest BCUT2D eigenvalue weighted by molar-refractivity contribution is 5.48. The van der Waals surface area contributed by atoms with Crippen LogP contribution in [0.2, 0.25) is 0 Å². The molecule has 134 valence electrons. The summed E-state index contributed by atoms with van der Waals surface area (Å²) in [6.45, 7) is 4.73. The van der Waals surface area contributed by atoms with Gasteiger partial charge in [0.05, 0.1) is 25.2 Å². The highest BCUT2D eigenvalue weighted by Crippen LogP contribution is 2.29. The number of ether oxygens (including phenoxy) is 3. The zero-order valence-corrected chi connectivity index (χ0v) is 14.8. The normalized spacial score (nSPS) is 10.4. The van der Waals surface area contributed by atoms with Gasteiger partial charge in [0, 0.05) is 6.07 Å². The number of nitro benzene ring substituents is 1. The minimum atomic E-state index is -0.422. The predicted molar refractivity (Wildman–Crippen MR) is 95.8 cm³/mol. The molecular formula is C19H23NO5. The average molecular weight is 345 g/mol. The quantitative estimate of drug-likeness (QED) is 0.381. The van der Waals surface area contributed by atoms with Crippen molar-refractivity contribution in [1.29, 1.82) is 0 Å². The molecule has 0 saturated heterocycles. The van der Waals surface area contributed by atoms with Crippen molar-refractivity contribution in [3.63, 3.8) is 0 Å². The lowest BCUT2D eigenvalue weighted by Crippen LogP contribution is -2.04. The summed E-state index contributed by atoms with van der Waals surface area (Å²) < 4.78 is 16.6. The van der Waals surface area contributed by atoms with E-state index in [2.05, 4.69) is 0 Å². The number of methoxy groups -OCH3 is 1. The minimum absolute atomic E-state index is 0.000594. The molecule has 0 aliphatic rings. The Morgan fingerprint density at radius 2 is 1.44 bits per heavy atom. The third-order valence-electron chi connectivity index (χ3n) is 3.68. The molecule has 0 unspecified atom stereocenters. The number of hydrogen-bond donors (Lipinski definition) is 0. The van der Waals surface area contributed by atoms with E-state index >= 15 is 0 Å². The summed E-state index contributed by atoms with van der Waals surface area (Å²) >= 11 is 0. The van der Waals surface area contributed by atoms with Crippen LogP contribution in [0.15, 0.2) is 36.4 Å². The van der Waals surface area contributed by atoms with Crippen LogP contribution < -0.4 is 14.2 Å². The molecule has 0 aliphatic carbocycles. The van der Waals surface area contributed by atoms with Gasteiger partial charge >= 0.3 is 5.69 Å². The van der Waals surface area contributed by atoms with Crippen molar-refractivity contribution in [2.75, 3.05) is 20.3 Å². The molecule has 0 N–H and O–H groups in total. The lowest BCUT2D eigenvalue weighted by atomic mass is 10.2. The summed E-state index contributed by atoms with van der Waals surface area (Å²) in [5.41, 5.74) is 1.94. The van der Waals surface area contributed by atoms with Gasteiger partial charge in [-0.3, -0.25) is 10.1 Å². The van der Waals surface area contributed by atoms with Crippen LogP contribution in [-0.4, -0.2) is 25.2 Å². The zero-order chi connectivity index (χ0) is 18.2. The predicted octanol–water partition coefficient (Wildman–Crippen LogP) is 4.46. The topological polar surface area (TPSA) is 70.8 Å². The second kappa shape index (κ2) is 8.92. The minimum Gasteiger partial charge on any atom is -0.493 e. The summed E-state index contributed by atoms with van der Waals surface area (Å²) in [4.78, 5) is 10.6. The summed E-state index contributed by atoms with van der Waals surface area (Å²) in [6, 6.07) is 10.7. The number of rotatable bonds is 9. The molecule has 0 bridgehead atoms. The van der Waals surface area contributed by atoms with Gasteiger partial charge in [0.2, 0.25) is 0 Å². The molecule has 0 spiro atoms. The number of nitro groups is 1. The SMILES string of the molecule is COc1cc(C)ccc1OCCCCOc1ccc(C)cc1[N+](=O)[O-]. The monoisotopic (exact) mass is 345 g/mol. The van der Waals surface area contributed by atoms with Crippen LogP contribution in [0.25, 0.3) is 0 Å². The van der Waals surface area contributed by atoms with Crippen molar-refractivity contribution in [3.8, 4) is 17.2 Å². The largest absolute Gasteiger partial charge is 0.493 e. The third-order valence-corrected chi connectivity index (χ3v) is 3.68. The van der Waals surface area contributed by atoms with E-state index in [0.717, 1.165) is 24.0 Å². The van der Waals surface area contributed by atoms with Crippen LogP contribution in [0.3, 0.4) is 0 Å². The Morgan fingerprint density at radius 3 is 2.04 bits per heavy atom. The summed E-state index contributed by atoms with van der Waals surface area (Å²) in [5.74, 6) is 1.73. The second-order valence-corrected chi connectivity index (χ2v) is 5.79. The molecule has 6 nitrogen and oxygen atoms in total. The van der Waals surface area contributed by atoms with Crippen molar-refractivity contribution in [2.24, 2.45) is 0 Å². The Labute approximate surface area is 147 Å². The number of benzene rings is 2. The number of aryl methyl sites for hydroxylation is 2. The van der Waals surface area contributed by atoms with E-state index in [0.29, 0.717) is 30.5 Å². The van der Waals surface area contributed by atoms with E-state index < -0.39 is 4.92 Å². The molecular weight excluding hydrogens is 322 g/mol. The van der Waals surface area contributed by atoms with Gasteiger partial charge < -0.3 is 14.2 Å². The van der Waals surface area contributed by atoms with E-state index in [-0.39, 0.29) is 5.69 Å². The zero-order valence-electron chi connectivity index (χ0n) is 14.8. The van der Waals surface area contributed by atoms with Crippen LogP contribution in [0.5, 0.6) is 17.2 Å². The standard InChI is InChI=1S/C19H23NO5/c1-14-6-8-17(16(12-14)20(21)22)24-10-4-5-11-25-18-9-7-15(2)13-19(18)23-3/h6-9,12-13H,4-5,10-11H2,1-3H3. The van der Waals surface area contributed by atoms with E-state index in [9.17, 15) is 10.1 Å². The van der Waals surface area contributed by atoms with Crippen LogP contribution in [0.4, 0.5) is 5.69 Å². The van der Waals surface area contributed by atoms with Crippen LogP contribution in [0.1, 0.15) is 24.0 Å². The molecule has 0 heterocycles. The van der Waals surface area contributed by atoms with E-state index in [1.807, 2.05) is 32.0 Å². The second-order valence-electron chi connectivity index (χ2n) is 5.79. The average Bonchev–Trinajstić information content (AvgIpc) is 2.59. The van der Waals surface area contributed by atoms with E-state index in [1.54, 1.807) is 19.2 Å². The van der Waals surface area contributed by atoms with Crippen LogP contribution in [-0.2, 0) is 0 Å². The summed E-state index contributed by atoms with van der Waals surface area (Å²) in [6.07, 6.45) is 1.51. The van der Waals surface area contributed by atoms with Gasteiger partial charge in [-0.1, -0.05) is 12.1 Å².